The highest BCUT2D eigenvalue weighted by Crippen LogP contribution is 2.27. The van der Waals surface area contributed by atoms with E-state index in [-0.39, 0.29) is 0 Å². The summed E-state index contributed by atoms with van der Waals surface area (Å²) in [5.74, 6) is 0. The SMILES string of the molecule is CCc1cc(Br)c2nc(C)cc(C)c2c1. The van der Waals surface area contributed by atoms with Crippen molar-refractivity contribution in [2.24, 2.45) is 0 Å². The molecule has 0 atom stereocenters. The number of halogens is 1. The van der Waals surface area contributed by atoms with Gasteiger partial charge in [0, 0.05) is 15.6 Å². The molecule has 2 heteroatoms. The van der Waals surface area contributed by atoms with E-state index in [1.807, 2.05) is 6.92 Å². The molecule has 1 aromatic carbocycles. The fourth-order valence-corrected chi connectivity index (χ4v) is 2.47. The fourth-order valence-electron chi connectivity index (χ4n) is 1.87. The Morgan fingerprint density at radius 3 is 2.60 bits per heavy atom. The topological polar surface area (TPSA) is 12.9 Å². The summed E-state index contributed by atoms with van der Waals surface area (Å²) in [5, 5.41) is 1.26. The minimum atomic E-state index is 1.06. The van der Waals surface area contributed by atoms with Crippen LogP contribution in [0.15, 0.2) is 22.7 Å². The van der Waals surface area contributed by atoms with Crippen molar-refractivity contribution in [2.75, 3.05) is 0 Å². The Labute approximate surface area is 98.7 Å². The van der Waals surface area contributed by atoms with E-state index >= 15 is 0 Å². The van der Waals surface area contributed by atoms with Crippen LogP contribution in [0.1, 0.15) is 23.7 Å². The molecule has 0 aliphatic carbocycles. The number of pyridine rings is 1. The second-order valence-corrected chi connectivity index (χ2v) is 4.76. The molecular formula is C13H14BrN. The van der Waals surface area contributed by atoms with Crippen molar-refractivity contribution in [1.82, 2.24) is 4.98 Å². The fraction of sp³-hybridized carbons (Fsp3) is 0.308. The average Bonchev–Trinajstić information content (AvgIpc) is 2.19. The number of rotatable bonds is 1. The van der Waals surface area contributed by atoms with Gasteiger partial charge in [-0.3, -0.25) is 4.98 Å². The number of fused-ring (bicyclic) bond motifs is 1. The molecule has 1 heterocycles. The summed E-state index contributed by atoms with van der Waals surface area (Å²) in [4.78, 5) is 4.56. The Kier molecular flexibility index (Phi) is 2.79. The molecule has 0 aliphatic rings. The first-order valence-corrected chi connectivity index (χ1v) is 5.97. The molecule has 0 saturated carbocycles. The Morgan fingerprint density at radius 2 is 1.93 bits per heavy atom. The van der Waals surface area contributed by atoms with Crippen LogP contribution in [-0.2, 0) is 6.42 Å². The van der Waals surface area contributed by atoms with Crippen molar-refractivity contribution >= 4 is 26.8 Å². The van der Waals surface area contributed by atoms with E-state index in [2.05, 4.69) is 53.0 Å². The molecule has 0 spiro atoms. The smallest absolute Gasteiger partial charge is 0.0849 e. The highest BCUT2D eigenvalue weighted by atomic mass is 79.9. The van der Waals surface area contributed by atoms with Gasteiger partial charge in [-0.1, -0.05) is 6.92 Å². The lowest BCUT2D eigenvalue weighted by Gasteiger charge is -2.07. The summed E-state index contributed by atoms with van der Waals surface area (Å²) in [5.41, 5.74) is 4.80. The van der Waals surface area contributed by atoms with Crippen LogP contribution in [-0.4, -0.2) is 4.98 Å². The second kappa shape index (κ2) is 3.93. The minimum absolute atomic E-state index is 1.06. The zero-order valence-corrected chi connectivity index (χ0v) is 10.9. The van der Waals surface area contributed by atoms with Gasteiger partial charge < -0.3 is 0 Å². The molecule has 0 unspecified atom stereocenters. The van der Waals surface area contributed by atoms with Crippen LogP contribution < -0.4 is 0 Å². The number of benzene rings is 1. The van der Waals surface area contributed by atoms with Gasteiger partial charge in [0.15, 0.2) is 0 Å². The molecule has 0 aliphatic heterocycles. The largest absolute Gasteiger partial charge is 0.252 e. The minimum Gasteiger partial charge on any atom is -0.252 e. The van der Waals surface area contributed by atoms with Gasteiger partial charge in [0.05, 0.1) is 5.52 Å². The lowest BCUT2D eigenvalue weighted by atomic mass is 10.0. The molecule has 0 bridgehead atoms. The van der Waals surface area contributed by atoms with E-state index in [1.165, 1.54) is 16.5 Å². The van der Waals surface area contributed by atoms with Crippen molar-refractivity contribution in [1.29, 1.82) is 0 Å². The molecule has 2 aromatic rings. The summed E-state index contributed by atoms with van der Waals surface area (Å²) < 4.78 is 1.10. The summed E-state index contributed by atoms with van der Waals surface area (Å²) in [6, 6.07) is 6.53. The van der Waals surface area contributed by atoms with E-state index in [1.54, 1.807) is 0 Å². The predicted molar refractivity (Wildman–Crippen MR) is 68.3 cm³/mol. The third-order valence-electron chi connectivity index (χ3n) is 2.67. The molecule has 2 rings (SSSR count). The first-order valence-electron chi connectivity index (χ1n) is 5.18. The summed E-state index contributed by atoms with van der Waals surface area (Å²) in [6.07, 6.45) is 1.06. The normalized spacial score (nSPS) is 10.9. The van der Waals surface area contributed by atoms with Crippen LogP contribution in [0.5, 0.6) is 0 Å². The van der Waals surface area contributed by atoms with Crippen LogP contribution >= 0.6 is 15.9 Å². The van der Waals surface area contributed by atoms with E-state index < -0.39 is 0 Å². The Bertz CT molecular complexity index is 517. The van der Waals surface area contributed by atoms with Crippen LogP contribution in [0.25, 0.3) is 10.9 Å². The molecule has 1 nitrogen and oxygen atoms in total. The number of nitrogens with zero attached hydrogens (tertiary/aromatic N) is 1. The maximum Gasteiger partial charge on any atom is 0.0849 e. The molecule has 0 fully saturated rings. The zero-order chi connectivity index (χ0) is 11.0. The van der Waals surface area contributed by atoms with Gasteiger partial charge >= 0.3 is 0 Å². The monoisotopic (exact) mass is 263 g/mol. The van der Waals surface area contributed by atoms with Crippen LogP contribution in [0.2, 0.25) is 0 Å². The van der Waals surface area contributed by atoms with E-state index in [0.29, 0.717) is 0 Å². The third-order valence-corrected chi connectivity index (χ3v) is 3.27. The Hall–Kier alpha value is -0.890. The van der Waals surface area contributed by atoms with E-state index in [0.717, 1.165) is 22.1 Å². The van der Waals surface area contributed by atoms with Gasteiger partial charge in [0.2, 0.25) is 0 Å². The number of hydrogen-bond donors (Lipinski definition) is 0. The van der Waals surface area contributed by atoms with Crippen molar-refractivity contribution in [3.05, 3.63) is 39.5 Å². The highest BCUT2D eigenvalue weighted by Gasteiger charge is 2.05. The standard InChI is InChI=1S/C13H14BrN/c1-4-10-6-11-8(2)5-9(3)15-13(11)12(14)7-10/h5-7H,4H2,1-3H3. The zero-order valence-electron chi connectivity index (χ0n) is 9.26. The Balaban J connectivity index is 2.85. The van der Waals surface area contributed by atoms with Crippen LogP contribution in [0.4, 0.5) is 0 Å². The van der Waals surface area contributed by atoms with Crippen LogP contribution in [0.3, 0.4) is 0 Å². The van der Waals surface area contributed by atoms with E-state index in [9.17, 15) is 0 Å². The third kappa shape index (κ3) is 1.91. The summed E-state index contributed by atoms with van der Waals surface area (Å²) in [6.45, 7) is 6.35. The second-order valence-electron chi connectivity index (χ2n) is 3.91. The average molecular weight is 264 g/mol. The van der Waals surface area contributed by atoms with Crippen LogP contribution in [0, 0.1) is 13.8 Å². The lowest BCUT2D eigenvalue weighted by molar-refractivity contribution is 1.14. The van der Waals surface area contributed by atoms with Crippen molar-refractivity contribution in [2.45, 2.75) is 27.2 Å². The molecular weight excluding hydrogens is 250 g/mol. The highest BCUT2D eigenvalue weighted by molar-refractivity contribution is 9.10. The number of aryl methyl sites for hydroxylation is 3. The first-order chi connectivity index (χ1) is 7.11. The molecule has 1 aromatic heterocycles. The van der Waals surface area contributed by atoms with Gasteiger partial charge in [0.25, 0.3) is 0 Å². The first kappa shape index (κ1) is 10.6. The molecule has 78 valence electrons. The quantitative estimate of drug-likeness (QED) is 0.753. The molecule has 15 heavy (non-hydrogen) atoms. The van der Waals surface area contributed by atoms with Crippen molar-refractivity contribution in [3.8, 4) is 0 Å². The van der Waals surface area contributed by atoms with Crippen molar-refractivity contribution < 1.29 is 0 Å². The van der Waals surface area contributed by atoms with Gasteiger partial charge in [-0.15, -0.1) is 0 Å². The summed E-state index contributed by atoms with van der Waals surface area (Å²) in [7, 11) is 0. The summed E-state index contributed by atoms with van der Waals surface area (Å²) >= 11 is 3.59. The van der Waals surface area contributed by atoms with Crippen molar-refractivity contribution in [3.63, 3.8) is 0 Å². The van der Waals surface area contributed by atoms with Gasteiger partial charge in [-0.05, 0) is 65.5 Å². The van der Waals surface area contributed by atoms with Gasteiger partial charge in [-0.2, -0.15) is 0 Å². The molecule has 0 saturated heterocycles. The number of hydrogen-bond acceptors (Lipinski definition) is 1. The van der Waals surface area contributed by atoms with Gasteiger partial charge in [0.1, 0.15) is 0 Å². The maximum atomic E-state index is 4.56. The number of aromatic nitrogens is 1. The molecule has 0 radical (unpaired) electrons. The Morgan fingerprint density at radius 1 is 1.20 bits per heavy atom. The molecule has 0 N–H and O–H groups in total. The van der Waals surface area contributed by atoms with E-state index in [4.69, 9.17) is 0 Å². The lowest BCUT2D eigenvalue weighted by Crippen LogP contribution is -1.91. The van der Waals surface area contributed by atoms with Gasteiger partial charge in [-0.25, -0.2) is 0 Å². The predicted octanol–water partition coefficient (Wildman–Crippen LogP) is 4.18. The maximum absolute atomic E-state index is 4.56. The molecule has 0 amide bonds.